The molecular weight excluding hydrogens is 358 g/mol. The van der Waals surface area contributed by atoms with Gasteiger partial charge in [-0.3, -0.25) is 0 Å². The van der Waals surface area contributed by atoms with Gasteiger partial charge in [-0.2, -0.15) is 0 Å². The smallest absolute Gasteiger partial charge is 0.136 e. The molecule has 1 aliphatic rings. The fourth-order valence-electron chi connectivity index (χ4n) is 3.31. The molecule has 1 saturated heterocycles. The number of aryl methyl sites for hydroxylation is 1. The quantitative estimate of drug-likeness (QED) is 0.722. The second-order valence-electron chi connectivity index (χ2n) is 6.60. The van der Waals surface area contributed by atoms with Crippen LogP contribution in [0.1, 0.15) is 5.82 Å². The molecule has 1 aromatic heterocycles. The van der Waals surface area contributed by atoms with Crippen LogP contribution in [0.25, 0.3) is 0 Å². The van der Waals surface area contributed by atoms with Crippen molar-refractivity contribution in [2.45, 2.75) is 6.92 Å². The normalized spacial score (nSPS) is 14.3. The van der Waals surface area contributed by atoms with Crippen LogP contribution >= 0.6 is 11.6 Å². The summed E-state index contributed by atoms with van der Waals surface area (Å²) in [5.41, 5.74) is 2.19. The number of hydrogen-bond donors (Lipinski definition) is 1. The van der Waals surface area contributed by atoms with Crippen molar-refractivity contribution < 1.29 is 0 Å². The van der Waals surface area contributed by atoms with E-state index >= 15 is 0 Å². The van der Waals surface area contributed by atoms with Gasteiger partial charge in [0.2, 0.25) is 0 Å². The van der Waals surface area contributed by atoms with Crippen molar-refractivity contribution in [3.8, 4) is 0 Å². The van der Waals surface area contributed by atoms with E-state index in [2.05, 4.69) is 31.2 Å². The predicted molar refractivity (Wildman–Crippen MR) is 112 cm³/mol. The van der Waals surface area contributed by atoms with Gasteiger partial charge in [-0.15, -0.1) is 0 Å². The summed E-state index contributed by atoms with van der Waals surface area (Å²) in [6, 6.07) is 20.1. The SMILES string of the molecule is Cc1nc(Nc2ccccc2)cc(N2CCN(c3cccc(Cl)c3)CC2)n1. The van der Waals surface area contributed by atoms with E-state index in [1.54, 1.807) is 0 Å². The second-order valence-corrected chi connectivity index (χ2v) is 7.04. The summed E-state index contributed by atoms with van der Waals surface area (Å²) in [7, 11) is 0. The lowest BCUT2D eigenvalue weighted by Crippen LogP contribution is -2.46. The van der Waals surface area contributed by atoms with Gasteiger partial charge < -0.3 is 15.1 Å². The molecule has 6 heteroatoms. The number of nitrogens with one attached hydrogen (secondary N) is 1. The minimum atomic E-state index is 0.767. The molecule has 0 atom stereocenters. The van der Waals surface area contributed by atoms with Crippen molar-refractivity contribution in [1.82, 2.24) is 9.97 Å². The second kappa shape index (κ2) is 7.84. The minimum absolute atomic E-state index is 0.767. The van der Waals surface area contributed by atoms with Crippen LogP contribution in [-0.2, 0) is 0 Å². The lowest BCUT2D eigenvalue weighted by molar-refractivity contribution is 0.646. The number of halogens is 1. The Morgan fingerprint density at radius 1 is 0.852 bits per heavy atom. The number of piperazine rings is 1. The number of para-hydroxylation sites is 1. The Bertz CT molecular complexity index is 907. The zero-order valence-electron chi connectivity index (χ0n) is 15.3. The molecule has 0 aliphatic carbocycles. The summed E-state index contributed by atoms with van der Waals surface area (Å²) in [6.45, 7) is 5.62. The first-order valence-corrected chi connectivity index (χ1v) is 9.48. The van der Waals surface area contributed by atoms with Gasteiger partial charge in [0.25, 0.3) is 0 Å². The molecule has 5 nitrogen and oxygen atoms in total. The van der Waals surface area contributed by atoms with Crippen LogP contribution in [0.5, 0.6) is 0 Å². The molecule has 0 amide bonds. The van der Waals surface area contributed by atoms with Crippen molar-refractivity contribution in [2.24, 2.45) is 0 Å². The number of hydrogen-bond acceptors (Lipinski definition) is 5. The number of rotatable bonds is 4. The van der Waals surface area contributed by atoms with E-state index < -0.39 is 0 Å². The Morgan fingerprint density at radius 3 is 2.33 bits per heavy atom. The van der Waals surface area contributed by atoms with E-state index in [0.717, 1.165) is 54.3 Å². The lowest BCUT2D eigenvalue weighted by atomic mass is 10.2. The Kier molecular flexibility index (Phi) is 5.12. The van der Waals surface area contributed by atoms with Gasteiger partial charge in [-0.25, -0.2) is 9.97 Å². The fourth-order valence-corrected chi connectivity index (χ4v) is 3.50. The summed E-state index contributed by atoms with van der Waals surface area (Å²) >= 11 is 6.13. The highest BCUT2D eigenvalue weighted by atomic mass is 35.5. The molecule has 0 radical (unpaired) electrons. The molecule has 0 saturated carbocycles. The molecule has 3 aromatic rings. The van der Waals surface area contributed by atoms with Crippen molar-refractivity contribution in [3.05, 3.63) is 71.5 Å². The molecule has 0 unspecified atom stereocenters. The Hall–Kier alpha value is -2.79. The third-order valence-corrected chi connectivity index (χ3v) is 4.88. The number of nitrogens with zero attached hydrogens (tertiary/aromatic N) is 4. The van der Waals surface area contributed by atoms with Gasteiger partial charge in [0.1, 0.15) is 17.5 Å². The fraction of sp³-hybridized carbons (Fsp3) is 0.238. The molecule has 138 valence electrons. The summed E-state index contributed by atoms with van der Waals surface area (Å²) in [6.07, 6.45) is 0. The van der Waals surface area contributed by atoms with Crippen LogP contribution in [0.4, 0.5) is 23.0 Å². The van der Waals surface area contributed by atoms with Gasteiger partial charge in [0.15, 0.2) is 0 Å². The maximum atomic E-state index is 6.13. The van der Waals surface area contributed by atoms with E-state index in [9.17, 15) is 0 Å². The van der Waals surface area contributed by atoms with Crippen molar-refractivity contribution >= 4 is 34.6 Å². The third kappa shape index (κ3) is 4.31. The summed E-state index contributed by atoms with van der Waals surface area (Å²) in [5, 5.41) is 4.14. The van der Waals surface area contributed by atoms with Crippen LogP contribution < -0.4 is 15.1 Å². The molecule has 0 bridgehead atoms. The highest BCUT2D eigenvalue weighted by Gasteiger charge is 2.19. The summed E-state index contributed by atoms with van der Waals surface area (Å²) < 4.78 is 0. The third-order valence-electron chi connectivity index (χ3n) is 4.65. The lowest BCUT2D eigenvalue weighted by Gasteiger charge is -2.37. The monoisotopic (exact) mass is 379 g/mol. The van der Waals surface area contributed by atoms with E-state index in [0.29, 0.717) is 0 Å². The molecule has 1 N–H and O–H groups in total. The van der Waals surface area contributed by atoms with Gasteiger partial charge in [-0.05, 0) is 37.3 Å². The maximum absolute atomic E-state index is 6.13. The number of anilines is 4. The van der Waals surface area contributed by atoms with Gasteiger partial charge >= 0.3 is 0 Å². The van der Waals surface area contributed by atoms with E-state index in [1.807, 2.05) is 61.5 Å². The molecule has 4 rings (SSSR count). The molecule has 1 fully saturated rings. The highest BCUT2D eigenvalue weighted by Crippen LogP contribution is 2.24. The minimum Gasteiger partial charge on any atom is -0.368 e. The molecule has 0 spiro atoms. The van der Waals surface area contributed by atoms with Gasteiger partial charge in [0.05, 0.1) is 0 Å². The topological polar surface area (TPSA) is 44.3 Å². The van der Waals surface area contributed by atoms with Crippen molar-refractivity contribution in [1.29, 1.82) is 0 Å². The summed E-state index contributed by atoms with van der Waals surface area (Å²) in [4.78, 5) is 13.8. The highest BCUT2D eigenvalue weighted by molar-refractivity contribution is 6.30. The van der Waals surface area contributed by atoms with Crippen LogP contribution in [0.15, 0.2) is 60.7 Å². The zero-order valence-corrected chi connectivity index (χ0v) is 16.0. The number of aromatic nitrogens is 2. The van der Waals surface area contributed by atoms with E-state index in [4.69, 9.17) is 11.6 Å². The largest absolute Gasteiger partial charge is 0.368 e. The molecule has 1 aliphatic heterocycles. The van der Waals surface area contributed by atoms with Crippen LogP contribution in [0.2, 0.25) is 5.02 Å². The standard InChI is InChI=1S/C21H22ClN5/c1-16-23-20(25-18-7-3-2-4-8-18)15-21(24-16)27-12-10-26(11-13-27)19-9-5-6-17(22)14-19/h2-9,14-15H,10-13H2,1H3,(H,23,24,25). The average Bonchev–Trinajstić information content (AvgIpc) is 2.68. The van der Waals surface area contributed by atoms with E-state index in [1.165, 1.54) is 5.69 Å². The van der Waals surface area contributed by atoms with Crippen LogP contribution in [0, 0.1) is 6.92 Å². The first kappa shape index (κ1) is 17.6. The Morgan fingerprint density at radius 2 is 1.59 bits per heavy atom. The Balaban J connectivity index is 1.46. The average molecular weight is 380 g/mol. The first-order chi connectivity index (χ1) is 13.2. The number of benzene rings is 2. The van der Waals surface area contributed by atoms with E-state index in [-0.39, 0.29) is 0 Å². The predicted octanol–water partition coefficient (Wildman–Crippen LogP) is 4.51. The zero-order chi connectivity index (χ0) is 18.6. The maximum Gasteiger partial charge on any atom is 0.136 e. The van der Waals surface area contributed by atoms with Crippen LogP contribution in [0.3, 0.4) is 0 Å². The molecule has 2 aromatic carbocycles. The summed E-state index contributed by atoms with van der Waals surface area (Å²) in [5.74, 6) is 2.55. The Labute approximate surface area is 164 Å². The van der Waals surface area contributed by atoms with Crippen molar-refractivity contribution in [2.75, 3.05) is 41.3 Å². The molecule has 2 heterocycles. The van der Waals surface area contributed by atoms with Gasteiger partial charge in [0, 0.05) is 48.6 Å². The van der Waals surface area contributed by atoms with Crippen LogP contribution in [-0.4, -0.2) is 36.1 Å². The molecular formula is C21H22ClN5. The van der Waals surface area contributed by atoms with Gasteiger partial charge in [-0.1, -0.05) is 35.9 Å². The van der Waals surface area contributed by atoms with Crippen molar-refractivity contribution in [3.63, 3.8) is 0 Å². The first-order valence-electron chi connectivity index (χ1n) is 9.10. The molecule has 27 heavy (non-hydrogen) atoms.